The minimum atomic E-state index is -0.0948. The lowest BCUT2D eigenvalue weighted by Gasteiger charge is -2.10. The standard InChI is InChI=1S/C25H27NO4S2/c1-4-10-26-24(27)23(32-25(26)31)17-20-6-5-7-21(16-20)29-13-11-28-12-14-30-22-9-8-18(2)19(3)15-22/h4-9,15-17H,1,10-14H2,2-3H3/b23-17-. The van der Waals surface area contributed by atoms with Crippen LogP contribution in [0.4, 0.5) is 0 Å². The van der Waals surface area contributed by atoms with Gasteiger partial charge in [-0.25, -0.2) is 0 Å². The van der Waals surface area contributed by atoms with Crippen LogP contribution in [0.25, 0.3) is 6.08 Å². The molecule has 32 heavy (non-hydrogen) atoms. The van der Waals surface area contributed by atoms with Crippen LogP contribution >= 0.6 is 24.0 Å². The summed E-state index contributed by atoms with van der Waals surface area (Å²) >= 11 is 6.57. The summed E-state index contributed by atoms with van der Waals surface area (Å²) in [6, 6.07) is 13.6. The highest BCUT2D eigenvalue weighted by molar-refractivity contribution is 8.26. The Morgan fingerprint density at radius 2 is 1.72 bits per heavy atom. The Morgan fingerprint density at radius 1 is 1.00 bits per heavy atom. The Bertz CT molecular complexity index is 1020. The summed E-state index contributed by atoms with van der Waals surface area (Å²) in [7, 11) is 0. The molecule has 5 nitrogen and oxygen atoms in total. The van der Waals surface area contributed by atoms with Gasteiger partial charge in [0, 0.05) is 6.54 Å². The van der Waals surface area contributed by atoms with Gasteiger partial charge in [0.25, 0.3) is 5.91 Å². The Labute approximate surface area is 199 Å². The van der Waals surface area contributed by atoms with Crippen molar-refractivity contribution < 1.29 is 19.0 Å². The van der Waals surface area contributed by atoms with Gasteiger partial charge in [0.2, 0.25) is 0 Å². The van der Waals surface area contributed by atoms with Crippen molar-refractivity contribution >= 4 is 40.3 Å². The SMILES string of the molecule is C=CCN1C(=O)/C(=C/c2cccc(OCCOCCOc3ccc(C)c(C)c3)c2)SC1=S. The Kier molecular flexibility index (Phi) is 8.90. The van der Waals surface area contributed by atoms with Gasteiger partial charge in [-0.3, -0.25) is 9.69 Å². The van der Waals surface area contributed by atoms with Gasteiger partial charge in [0.1, 0.15) is 29.0 Å². The zero-order valence-electron chi connectivity index (χ0n) is 18.3. The third kappa shape index (κ3) is 6.69. The number of hydrogen-bond donors (Lipinski definition) is 0. The number of amides is 1. The molecule has 1 fully saturated rings. The van der Waals surface area contributed by atoms with E-state index in [9.17, 15) is 4.79 Å². The van der Waals surface area contributed by atoms with Gasteiger partial charge in [-0.2, -0.15) is 0 Å². The summed E-state index contributed by atoms with van der Waals surface area (Å²) in [5.41, 5.74) is 3.34. The number of hydrogen-bond acceptors (Lipinski definition) is 6. The first kappa shape index (κ1) is 24.0. The highest BCUT2D eigenvalue weighted by Gasteiger charge is 2.30. The lowest BCUT2D eigenvalue weighted by atomic mass is 10.1. The highest BCUT2D eigenvalue weighted by atomic mass is 32.2. The van der Waals surface area contributed by atoms with E-state index < -0.39 is 0 Å². The number of aryl methyl sites for hydroxylation is 2. The molecule has 1 aliphatic rings. The van der Waals surface area contributed by atoms with Crippen molar-refractivity contribution in [2.24, 2.45) is 0 Å². The van der Waals surface area contributed by atoms with E-state index in [-0.39, 0.29) is 5.91 Å². The third-order valence-electron chi connectivity index (χ3n) is 4.81. The monoisotopic (exact) mass is 469 g/mol. The Balaban J connectivity index is 1.40. The first-order valence-corrected chi connectivity index (χ1v) is 11.6. The second-order valence-electron chi connectivity index (χ2n) is 7.21. The first-order valence-electron chi connectivity index (χ1n) is 10.3. The second kappa shape index (κ2) is 11.9. The van der Waals surface area contributed by atoms with Gasteiger partial charge < -0.3 is 14.2 Å². The smallest absolute Gasteiger partial charge is 0.266 e. The van der Waals surface area contributed by atoms with Crippen molar-refractivity contribution in [2.45, 2.75) is 13.8 Å². The molecule has 168 valence electrons. The molecular formula is C25H27NO4S2. The fraction of sp³-hybridized carbons (Fsp3) is 0.280. The minimum Gasteiger partial charge on any atom is -0.491 e. The molecule has 2 aromatic carbocycles. The van der Waals surface area contributed by atoms with Crippen molar-refractivity contribution in [1.82, 2.24) is 4.90 Å². The maximum Gasteiger partial charge on any atom is 0.266 e. The maximum absolute atomic E-state index is 12.5. The van der Waals surface area contributed by atoms with Crippen molar-refractivity contribution in [1.29, 1.82) is 0 Å². The Hall–Kier alpha value is -2.61. The maximum atomic E-state index is 12.5. The largest absolute Gasteiger partial charge is 0.491 e. The van der Waals surface area contributed by atoms with Crippen LogP contribution in [0.5, 0.6) is 11.5 Å². The molecule has 0 aromatic heterocycles. The van der Waals surface area contributed by atoms with E-state index in [1.807, 2.05) is 42.5 Å². The van der Waals surface area contributed by atoms with Crippen molar-refractivity contribution in [3.05, 3.63) is 76.7 Å². The van der Waals surface area contributed by atoms with E-state index in [4.69, 9.17) is 26.4 Å². The molecular weight excluding hydrogens is 442 g/mol. The molecule has 2 aromatic rings. The average Bonchev–Trinajstić information content (AvgIpc) is 3.03. The molecule has 3 rings (SSSR count). The van der Waals surface area contributed by atoms with Gasteiger partial charge >= 0.3 is 0 Å². The fourth-order valence-corrected chi connectivity index (χ4v) is 4.25. The van der Waals surface area contributed by atoms with E-state index in [0.29, 0.717) is 42.2 Å². The van der Waals surface area contributed by atoms with Crippen LogP contribution in [0.2, 0.25) is 0 Å². The van der Waals surface area contributed by atoms with Gasteiger partial charge in [0.15, 0.2) is 0 Å². The summed E-state index contributed by atoms with van der Waals surface area (Å²) < 4.78 is 17.6. The first-order chi connectivity index (χ1) is 15.5. The number of ether oxygens (including phenoxy) is 3. The van der Waals surface area contributed by atoms with Crippen LogP contribution in [-0.2, 0) is 9.53 Å². The van der Waals surface area contributed by atoms with E-state index in [1.165, 1.54) is 22.9 Å². The molecule has 0 radical (unpaired) electrons. The van der Waals surface area contributed by atoms with Crippen LogP contribution in [0.15, 0.2) is 60.0 Å². The number of carbonyl (C=O) groups excluding carboxylic acids is 1. The summed E-state index contributed by atoms with van der Waals surface area (Å²) in [6.45, 7) is 10.1. The van der Waals surface area contributed by atoms with Crippen molar-refractivity contribution in [3.8, 4) is 11.5 Å². The number of nitrogens with zero attached hydrogens (tertiary/aromatic N) is 1. The predicted molar refractivity (Wildman–Crippen MR) is 134 cm³/mol. The summed E-state index contributed by atoms with van der Waals surface area (Å²) in [4.78, 5) is 14.6. The topological polar surface area (TPSA) is 48.0 Å². The summed E-state index contributed by atoms with van der Waals surface area (Å²) in [5, 5.41) is 0. The molecule has 0 bridgehead atoms. The zero-order valence-corrected chi connectivity index (χ0v) is 20.0. The van der Waals surface area contributed by atoms with E-state index in [1.54, 1.807) is 11.0 Å². The lowest BCUT2D eigenvalue weighted by molar-refractivity contribution is -0.121. The molecule has 1 aliphatic heterocycles. The van der Waals surface area contributed by atoms with Crippen molar-refractivity contribution in [3.63, 3.8) is 0 Å². The van der Waals surface area contributed by atoms with Gasteiger partial charge in [-0.05, 0) is 60.9 Å². The fourth-order valence-electron chi connectivity index (χ4n) is 2.97. The van der Waals surface area contributed by atoms with Gasteiger partial charge in [-0.15, -0.1) is 6.58 Å². The lowest BCUT2D eigenvalue weighted by Crippen LogP contribution is -2.27. The van der Waals surface area contributed by atoms with Crippen LogP contribution in [0, 0.1) is 13.8 Å². The van der Waals surface area contributed by atoms with Gasteiger partial charge in [0.05, 0.1) is 18.1 Å². The molecule has 1 heterocycles. The molecule has 0 aliphatic carbocycles. The molecule has 0 atom stereocenters. The third-order valence-corrected chi connectivity index (χ3v) is 6.19. The molecule has 0 spiro atoms. The molecule has 0 N–H and O–H groups in total. The molecule has 7 heteroatoms. The van der Waals surface area contributed by atoms with Crippen LogP contribution in [-0.4, -0.2) is 48.1 Å². The van der Waals surface area contributed by atoms with E-state index in [0.717, 1.165) is 17.1 Å². The summed E-state index contributed by atoms with van der Waals surface area (Å²) in [5.74, 6) is 1.48. The average molecular weight is 470 g/mol. The number of thioether (sulfide) groups is 1. The normalized spacial score (nSPS) is 14.8. The van der Waals surface area contributed by atoms with Crippen LogP contribution in [0.1, 0.15) is 16.7 Å². The van der Waals surface area contributed by atoms with Crippen LogP contribution < -0.4 is 9.47 Å². The van der Waals surface area contributed by atoms with E-state index >= 15 is 0 Å². The van der Waals surface area contributed by atoms with Crippen LogP contribution in [0.3, 0.4) is 0 Å². The highest BCUT2D eigenvalue weighted by Crippen LogP contribution is 2.32. The Morgan fingerprint density at radius 3 is 2.41 bits per heavy atom. The van der Waals surface area contributed by atoms with E-state index in [2.05, 4.69) is 26.5 Å². The molecule has 0 unspecified atom stereocenters. The quantitative estimate of drug-likeness (QED) is 0.196. The number of rotatable bonds is 11. The zero-order chi connectivity index (χ0) is 22.9. The minimum absolute atomic E-state index is 0.0948. The molecule has 1 saturated heterocycles. The van der Waals surface area contributed by atoms with Crippen molar-refractivity contribution in [2.75, 3.05) is 33.0 Å². The predicted octanol–water partition coefficient (Wildman–Crippen LogP) is 5.17. The number of carbonyl (C=O) groups is 1. The molecule has 0 saturated carbocycles. The summed E-state index contributed by atoms with van der Waals surface area (Å²) in [6.07, 6.45) is 3.50. The van der Waals surface area contributed by atoms with Gasteiger partial charge in [-0.1, -0.05) is 48.3 Å². The molecule has 1 amide bonds. The number of thiocarbonyl (C=S) groups is 1. The number of benzene rings is 2. The second-order valence-corrected chi connectivity index (χ2v) is 8.88.